The lowest BCUT2D eigenvalue weighted by Crippen LogP contribution is -2.41. The van der Waals surface area contributed by atoms with Crippen LogP contribution >= 0.6 is 15.9 Å². The molecule has 1 aromatic carbocycles. The van der Waals surface area contributed by atoms with Gasteiger partial charge in [0.1, 0.15) is 0 Å². The Hall–Kier alpha value is -1.05. The zero-order valence-electron chi connectivity index (χ0n) is 12.2. The van der Waals surface area contributed by atoms with Crippen molar-refractivity contribution in [2.24, 2.45) is 5.92 Å². The molecule has 0 spiro atoms. The molecule has 1 atom stereocenters. The highest BCUT2D eigenvalue weighted by Gasteiger charge is 2.19. The van der Waals surface area contributed by atoms with Crippen LogP contribution in [-0.4, -0.2) is 25.7 Å². The van der Waals surface area contributed by atoms with Gasteiger partial charge in [0.15, 0.2) is 0 Å². The van der Waals surface area contributed by atoms with Crippen LogP contribution in [0.25, 0.3) is 0 Å². The number of hydrogen-bond donors (Lipinski definition) is 1. The Bertz CT molecular complexity index is 487. The zero-order chi connectivity index (χ0) is 14.5. The largest absolute Gasteiger partial charge is 0.369 e. The summed E-state index contributed by atoms with van der Waals surface area (Å²) in [5.74, 6) is 0.690. The molecule has 1 N–H and O–H groups in total. The van der Waals surface area contributed by atoms with Crippen LogP contribution in [0.1, 0.15) is 32.3 Å². The summed E-state index contributed by atoms with van der Waals surface area (Å²) in [6.45, 7) is 7.72. The van der Waals surface area contributed by atoms with Gasteiger partial charge in [-0.15, -0.1) is 0 Å². The fourth-order valence-electron chi connectivity index (χ4n) is 2.78. The first-order chi connectivity index (χ1) is 9.60. The molecule has 0 radical (unpaired) electrons. The number of halogens is 1. The van der Waals surface area contributed by atoms with E-state index in [2.05, 4.69) is 52.1 Å². The smallest absolute Gasteiger partial charge is 0.0992 e. The van der Waals surface area contributed by atoms with Gasteiger partial charge in [-0.2, -0.15) is 5.26 Å². The molecule has 0 bridgehead atoms. The van der Waals surface area contributed by atoms with Gasteiger partial charge in [-0.1, -0.05) is 15.9 Å². The van der Waals surface area contributed by atoms with Crippen molar-refractivity contribution in [2.45, 2.75) is 32.7 Å². The first-order valence-electron chi connectivity index (χ1n) is 7.28. The van der Waals surface area contributed by atoms with Crippen molar-refractivity contribution in [3.8, 4) is 6.07 Å². The van der Waals surface area contributed by atoms with Gasteiger partial charge in [0.2, 0.25) is 0 Å². The summed E-state index contributed by atoms with van der Waals surface area (Å²) in [4.78, 5) is 2.41. The number of hydrogen-bond acceptors (Lipinski definition) is 3. The predicted octanol–water partition coefficient (Wildman–Crippen LogP) is 3.54. The highest BCUT2D eigenvalue weighted by molar-refractivity contribution is 9.10. The van der Waals surface area contributed by atoms with Crippen molar-refractivity contribution >= 4 is 21.6 Å². The van der Waals surface area contributed by atoms with Gasteiger partial charge in [0.05, 0.1) is 11.6 Å². The molecule has 2 rings (SSSR count). The average molecular weight is 336 g/mol. The van der Waals surface area contributed by atoms with Crippen LogP contribution in [0.2, 0.25) is 0 Å². The Morgan fingerprint density at radius 3 is 2.85 bits per heavy atom. The zero-order valence-corrected chi connectivity index (χ0v) is 13.8. The minimum Gasteiger partial charge on any atom is -0.369 e. The summed E-state index contributed by atoms with van der Waals surface area (Å²) >= 11 is 3.51. The molecule has 1 unspecified atom stereocenters. The molecule has 108 valence electrons. The molecule has 1 aliphatic heterocycles. The number of benzene rings is 1. The van der Waals surface area contributed by atoms with Crippen LogP contribution in [0.4, 0.5) is 5.69 Å². The maximum atomic E-state index is 9.13. The summed E-state index contributed by atoms with van der Waals surface area (Å²) in [6, 6.07) is 8.63. The monoisotopic (exact) mass is 335 g/mol. The first kappa shape index (κ1) is 15.3. The van der Waals surface area contributed by atoms with E-state index in [0.29, 0.717) is 17.5 Å². The van der Waals surface area contributed by atoms with Gasteiger partial charge < -0.3 is 10.2 Å². The molecular weight excluding hydrogens is 314 g/mol. The molecule has 0 saturated carbocycles. The van der Waals surface area contributed by atoms with Crippen molar-refractivity contribution in [1.82, 2.24) is 5.32 Å². The molecule has 0 amide bonds. The van der Waals surface area contributed by atoms with Gasteiger partial charge in [-0.05, 0) is 63.9 Å². The predicted molar refractivity (Wildman–Crippen MR) is 86.9 cm³/mol. The Morgan fingerprint density at radius 1 is 1.45 bits per heavy atom. The van der Waals surface area contributed by atoms with E-state index >= 15 is 0 Å². The van der Waals surface area contributed by atoms with Gasteiger partial charge in [0, 0.05) is 22.7 Å². The minimum atomic E-state index is 0.428. The third-order valence-electron chi connectivity index (χ3n) is 3.82. The van der Waals surface area contributed by atoms with Crippen molar-refractivity contribution in [3.63, 3.8) is 0 Å². The SMILES string of the molecule is CC(C)N(CC1CCCNC1)c1cc(Br)cc(C#N)c1. The third-order valence-corrected chi connectivity index (χ3v) is 4.28. The van der Waals surface area contributed by atoms with Crippen LogP contribution < -0.4 is 10.2 Å². The molecule has 20 heavy (non-hydrogen) atoms. The highest BCUT2D eigenvalue weighted by atomic mass is 79.9. The standard InChI is InChI=1S/C16H22BrN3/c1-12(2)20(11-13-4-3-5-19-10-13)16-7-14(9-18)6-15(17)8-16/h6-8,12-13,19H,3-5,10-11H2,1-2H3. The van der Waals surface area contributed by atoms with Crippen molar-refractivity contribution in [1.29, 1.82) is 5.26 Å². The molecule has 1 aliphatic rings. The van der Waals surface area contributed by atoms with Gasteiger partial charge >= 0.3 is 0 Å². The van der Waals surface area contributed by atoms with Gasteiger partial charge in [0.25, 0.3) is 0 Å². The lowest BCUT2D eigenvalue weighted by atomic mass is 9.98. The molecule has 4 heteroatoms. The van der Waals surface area contributed by atoms with E-state index in [1.54, 1.807) is 0 Å². The van der Waals surface area contributed by atoms with E-state index in [-0.39, 0.29) is 0 Å². The number of piperidine rings is 1. The number of nitrogens with one attached hydrogen (secondary N) is 1. The van der Waals surface area contributed by atoms with E-state index in [1.165, 1.54) is 12.8 Å². The van der Waals surface area contributed by atoms with Crippen LogP contribution in [0.3, 0.4) is 0 Å². The summed E-state index contributed by atoms with van der Waals surface area (Å²) in [5.41, 5.74) is 1.85. The summed E-state index contributed by atoms with van der Waals surface area (Å²) in [5, 5.41) is 12.6. The lowest BCUT2D eigenvalue weighted by Gasteiger charge is -2.34. The highest BCUT2D eigenvalue weighted by Crippen LogP contribution is 2.26. The molecular formula is C16H22BrN3. The van der Waals surface area contributed by atoms with Crippen LogP contribution in [0.5, 0.6) is 0 Å². The Labute approximate surface area is 130 Å². The molecule has 3 nitrogen and oxygen atoms in total. The second kappa shape index (κ2) is 7.10. The van der Waals surface area contributed by atoms with Crippen molar-refractivity contribution in [3.05, 3.63) is 28.2 Å². The maximum absolute atomic E-state index is 9.13. The summed E-state index contributed by atoms with van der Waals surface area (Å²) in [6.07, 6.45) is 2.55. The van der Waals surface area contributed by atoms with E-state index in [0.717, 1.165) is 29.8 Å². The van der Waals surface area contributed by atoms with E-state index in [1.807, 2.05) is 12.1 Å². The maximum Gasteiger partial charge on any atom is 0.0992 e. The van der Waals surface area contributed by atoms with Gasteiger partial charge in [-0.3, -0.25) is 0 Å². The fourth-order valence-corrected chi connectivity index (χ4v) is 3.26. The Balaban J connectivity index is 2.19. The summed E-state index contributed by atoms with van der Waals surface area (Å²) in [7, 11) is 0. The normalized spacial score (nSPS) is 18.9. The van der Waals surface area contributed by atoms with Crippen molar-refractivity contribution < 1.29 is 0 Å². The first-order valence-corrected chi connectivity index (χ1v) is 8.07. The number of nitrogens with zero attached hydrogens (tertiary/aromatic N) is 2. The topological polar surface area (TPSA) is 39.1 Å². The fraction of sp³-hybridized carbons (Fsp3) is 0.562. The average Bonchev–Trinajstić information content (AvgIpc) is 2.44. The molecule has 1 saturated heterocycles. The molecule has 0 aromatic heterocycles. The van der Waals surface area contributed by atoms with E-state index in [4.69, 9.17) is 5.26 Å². The van der Waals surface area contributed by atoms with Crippen LogP contribution in [0.15, 0.2) is 22.7 Å². The third kappa shape index (κ3) is 3.97. The number of nitriles is 1. The minimum absolute atomic E-state index is 0.428. The number of rotatable bonds is 4. The second-order valence-corrected chi connectivity index (χ2v) is 6.68. The van der Waals surface area contributed by atoms with Crippen LogP contribution in [-0.2, 0) is 0 Å². The molecule has 1 aromatic rings. The van der Waals surface area contributed by atoms with Crippen LogP contribution in [0, 0.1) is 17.2 Å². The van der Waals surface area contributed by atoms with Gasteiger partial charge in [-0.25, -0.2) is 0 Å². The molecule has 0 aliphatic carbocycles. The Morgan fingerprint density at radius 2 is 2.25 bits per heavy atom. The Kier molecular flexibility index (Phi) is 5.45. The molecule has 1 heterocycles. The number of anilines is 1. The van der Waals surface area contributed by atoms with Crippen molar-refractivity contribution in [2.75, 3.05) is 24.5 Å². The lowest BCUT2D eigenvalue weighted by molar-refractivity contribution is 0.371. The van der Waals surface area contributed by atoms with E-state index < -0.39 is 0 Å². The van der Waals surface area contributed by atoms with E-state index in [9.17, 15) is 0 Å². The quantitative estimate of drug-likeness (QED) is 0.914. The second-order valence-electron chi connectivity index (χ2n) is 5.77. The summed E-state index contributed by atoms with van der Waals surface area (Å²) < 4.78 is 0.971. The molecule has 1 fully saturated rings.